The lowest BCUT2D eigenvalue weighted by Crippen LogP contribution is -2.41. The van der Waals surface area contributed by atoms with Gasteiger partial charge >= 0.3 is 5.97 Å². The predicted molar refractivity (Wildman–Crippen MR) is 127 cm³/mol. The highest BCUT2D eigenvalue weighted by Crippen LogP contribution is 2.58. The lowest BCUT2D eigenvalue weighted by Gasteiger charge is -2.44. The quantitative estimate of drug-likeness (QED) is 0.450. The van der Waals surface area contributed by atoms with Gasteiger partial charge in [-0.1, -0.05) is 31.2 Å². The monoisotopic (exact) mass is 462 g/mol. The molecule has 3 fully saturated rings. The van der Waals surface area contributed by atoms with E-state index in [1.54, 1.807) is 0 Å². The normalized spacial score (nSPS) is 37.2. The molecule has 0 heterocycles. The first-order valence-corrected chi connectivity index (χ1v) is 12.4. The summed E-state index contributed by atoms with van der Waals surface area (Å²) >= 11 is 0. The molecule has 0 spiro atoms. The van der Waals surface area contributed by atoms with Crippen molar-refractivity contribution in [3.05, 3.63) is 35.5 Å². The second kappa shape index (κ2) is 10.0. The Kier molecular flexibility index (Phi) is 7.94. The Bertz CT molecular complexity index is 806. The molecule has 3 saturated carbocycles. The highest BCUT2D eigenvalue weighted by Gasteiger charge is 2.51. The third-order valence-corrected chi connectivity index (χ3v) is 8.36. The Hall–Kier alpha value is -1.47. The van der Waals surface area contributed by atoms with E-state index in [1.165, 1.54) is 19.4 Å². The summed E-state index contributed by atoms with van der Waals surface area (Å²) in [5.74, 6) is 0.159. The Morgan fingerprint density at radius 1 is 1.30 bits per heavy atom. The van der Waals surface area contributed by atoms with E-state index in [9.17, 15) is 25.2 Å². The Balaban J connectivity index is 1.70. The van der Waals surface area contributed by atoms with Crippen LogP contribution in [0.4, 0.5) is 0 Å². The molecule has 3 rings (SSSR count). The molecule has 186 valence electrons. The van der Waals surface area contributed by atoms with Crippen molar-refractivity contribution in [2.75, 3.05) is 0 Å². The van der Waals surface area contributed by atoms with Gasteiger partial charge in [-0.05, 0) is 81.8 Å². The van der Waals surface area contributed by atoms with Gasteiger partial charge in [-0.25, -0.2) is 0 Å². The van der Waals surface area contributed by atoms with Gasteiger partial charge in [0.2, 0.25) is 0 Å². The molecule has 0 aliphatic heterocycles. The zero-order valence-electron chi connectivity index (χ0n) is 20.6. The van der Waals surface area contributed by atoms with Gasteiger partial charge in [-0.15, -0.1) is 0 Å². The molecule has 33 heavy (non-hydrogen) atoms. The topological polar surface area (TPSA) is 107 Å². The van der Waals surface area contributed by atoms with Crippen molar-refractivity contribution >= 4 is 5.97 Å². The summed E-state index contributed by atoms with van der Waals surface area (Å²) in [5, 5.41) is 40.1. The summed E-state index contributed by atoms with van der Waals surface area (Å²) in [5.41, 5.74) is 1.69. The van der Waals surface area contributed by atoms with E-state index >= 15 is 0 Å². The average Bonchev–Trinajstić information content (AvgIpc) is 3.06. The maximum atomic E-state index is 12.4. The SMILES string of the molecule is C=C1/C(=C\C=C2/CCC[C@]3(C)[C@@H]([C@H](C)OC(=O)C[C@@H](O)C(C)(C)O)CC[C@@H]23)C[C@@H](O)C[C@@H]1O. The fourth-order valence-electron chi connectivity index (χ4n) is 6.26. The second-order valence-corrected chi connectivity index (χ2v) is 11.2. The Morgan fingerprint density at radius 3 is 2.67 bits per heavy atom. The van der Waals surface area contributed by atoms with Crippen LogP contribution < -0.4 is 0 Å². The number of aliphatic hydroxyl groups is 4. The molecular formula is C27H42O6. The molecule has 0 bridgehead atoms. The van der Waals surface area contributed by atoms with Crippen LogP contribution in [-0.2, 0) is 9.53 Å². The number of hydrogen-bond acceptors (Lipinski definition) is 6. The number of esters is 1. The molecule has 7 atom stereocenters. The molecule has 0 amide bonds. The molecular weight excluding hydrogens is 420 g/mol. The largest absolute Gasteiger partial charge is 0.462 e. The Morgan fingerprint density at radius 2 is 2.00 bits per heavy atom. The molecule has 0 aromatic heterocycles. The fourth-order valence-corrected chi connectivity index (χ4v) is 6.26. The van der Waals surface area contributed by atoms with E-state index in [0.29, 0.717) is 24.3 Å². The smallest absolute Gasteiger partial charge is 0.308 e. The van der Waals surface area contributed by atoms with Crippen molar-refractivity contribution in [2.45, 2.75) is 109 Å². The minimum Gasteiger partial charge on any atom is -0.462 e. The lowest BCUT2D eigenvalue weighted by molar-refractivity contribution is -0.159. The minimum atomic E-state index is -1.35. The van der Waals surface area contributed by atoms with Crippen molar-refractivity contribution in [1.82, 2.24) is 0 Å². The van der Waals surface area contributed by atoms with E-state index in [0.717, 1.165) is 37.7 Å². The maximum Gasteiger partial charge on any atom is 0.308 e. The van der Waals surface area contributed by atoms with Gasteiger partial charge < -0.3 is 25.2 Å². The number of aliphatic hydroxyl groups excluding tert-OH is 3. The van der Waals surface area contributed by atoms with Crippen LogP contribution in [0, 0.1) is 17.3 Å². The first-order valence-electron chi connectivity index (χ1n) is 12.4. The van der Waals surface area contributed by atoms with Crippen molar-refractivity contribution in [2.24, 2.45) is 17.3 Å². The number of fused-ring (bicyclic) bond motifs is 1. The lowest BCUT2D eigenvalue weighted by atomic mass is 9.62. The van der Waals surface area contributed by atoms with Crippen LogP contribution in [-0.4, -0.2) is 56.4 Å². The van der Waals surface area contributed by atoms with Crippen molar-refractivity contribution < 1.29 is 30.0 Å². The molecule has 3 aliphatic carbocycles. The number of ether oxygens (including phenoxy) is 1. The number of rotatable bonds is 6. The first kappa shape index (κ1) is 26.1. The van der Waals surface area contributed by atoms with Gasteiger partial charge in [0.05, 0.1) is 30.3 Å². The van der Waals surface area contributed by atoms with Crippen molar-refractivity contribution in [3.63, 3.8) is 0 Å². The van der Waals surface area contributed by atoms with E-state index in [2.05, 4.69) is 19.6 Å². The first-order chi connectivity index (χ1) is 15.3. The molecule has 0 aromatic rings. The highest BCUT2D eigenvalue weighted by atomic mass is 16.5. The van der Waals surface area contributed by atoms with Crippen LogP contribution in [0.2, 0.25) is 0 Å². The summed E-state index contributed by atoms with van der Waals surface area (Å²) in [4.78, 5) is 12.4. The van der Waals surface area contributed by atoms with Gasteiger partial charge in [-0.3, -0.25) is 4.79 Å². The number of carbonyl (C=O) groups excluding carboxylic acids is 1. The minimum absolute atomic E-state index is 0.0275. The summed E-state index contributed by atoms with van der Waals surface area (Å²) in [6, 6.07) is 0. The second-order valence-electron chi connectivity index (χ2n) is 11.2. The van der Waals surface area contributed by atoms with E-state index in [1.807, 2.05) is 13.0 Å². The Labute approximate surface area is 198 Å². The maximum absolute atomic E-state index is 12.4. The summed E-state index contributed by atoms with van der Waals surface area (Å²) in [7, 11) is 0. The molecule has 4 N–H and O–H groups in total. The van der Waals surface area contributed by atoms with E-state index in [-0.39, 0.29) is 23.9 Å². The zero-order chi connectivity index (χ0) is 24.6. The number of hydrogen-bond donors (Lipinski definition) is 4. The molecule has 0 unspecified atom stereocenters. The predicted octanol–water partition coefficient (Wildman–Crippen LogP) is 3.58. The molecule has 0 aromatic carbocycles. The number of carbonyl (C=O) groups is 1. The van der Waals surface area contributed by atoms with Gasteiger partial charge in [-0.2, -0.15) is 0 Å². The molecule has 0 saturated heterocycles. The van der Waals surface area contributed by atoms with Crippen LogP contribution in [0.5, 0.6) is 0 Å². The average molecular weight is 463 g/mol. The molecule has 6 heteroatoms. The molecule has 3 aliphatic rings. The van der Waals surface area contributed by atoms with Gasteiger partial charge in [0, 0.05) is 12.3 Å². The van der Waals surface area contributed by atoms with Crippen LogP contribution in [0.3, 0.4) is 0 Å². The van der Waals surface area contributed by atoms with Gasteiger partial charge in [0.15, 0.2) is 0 Å². The van der Waals surface area contributed by atoms with E-state index < -0.39 is 29.9 Å². The third-order valence-electron chi connectivity index (χ3n) is 8.36. The zero-order valence-corrected chi connectivity index (χ0v) is 20.6. The van der Waals surface area contributed by atoms with Crippen LogP contribution in [0.15, 0.2) is 35.5 Å². The highest BCUT2D eigenvalue weighted by molar-refractivity contribution is 5.70. The summed E-state index contributed by atoms with van der Waals surface area (Å²) < 4.78 is 5.73. The van der Waals surface area contributed by atoms with Gasteiger partial charge in [0.25, 0.3) is 0 Å². The molecule has 0 radical (unpaired) electrons. The number of allylic oxidation sites excluding steroid dienone is 3. The van der Waals surface area contributed by atoms with Crippen molar-refractivity contribution in [3.8, 4) is 0 Å². The standard InChI is InChI=1S/C27H42O6/c1-16-19(13-20(28)14-23(16)29)9-8-18-7-6-12-27(5)21(10-11-22(18)27)17(2)33-25(31)15-24(30)26(3,4)32/h8-9,17,20-24,28-30,32H,1,6-7,10-15H2,2-5H3/b18-8+,19-9-/t17-,20+,21+,22-,23-,24+,27+/m0/s1. The van der Waals surface area contributed by atoms with Crippen LogP contribution >= 0.6 is 0 Å². The van der Waals surface area contributed by atoms with Crippen LogP contribution in [0.1, 0.15) is 79.1 Å². The van der Waals surface area contributed by atoms with E-state index in [4.69, 9.17) is 4.74 Å². The summed E-state index contributed by atoms with van der Waals surface area (Å²) in [6.45, 7) is 11.2. The molecule has 6 nitrogen and oxygen atoms in total. The fraction of sp³-hybridized carbons (Fsp3) is 0.741. The van der Waals surface area contributed by atoms with Crippen LogP contribution in [0.25, 0.3) is 0 Å². The van der Waals surface area contributed by atoms with Gasteiger partial charge in [0.1, 0.15) is 6.10 Å². The van der Waals surface area contributed by atoms with Crippen molar-refractivity contribution in [1.29, 1.82) is 0 Å². The summed E-state index contributed by atoms with van der Waals surface area (Å²) in [6.07, 6.45) is 7.40. The third kappa shape index (κ3) is 5.79.